The molecule has 3 aromatic heterocycles. The van der Waals surface area contributed by atoms with Gasteiger partial charge in [0.05, 0.1) is 6.10 Å². The number of hydrogen-bond donors (Lipinski definition) is 2. The standard InChI is InChI=1S/C22H19F6N7O/c23-21(24,25)14-3-1-2-13(31-14)17-32-18(30-12-5-8-29-15(10-12)22(26,27)28)34-19(33-17)35-9-7-20(11-35)6-4-16(20)36/h1-3,5,8,10,16,36H,4,6-7,9,11H2,(H,29,30,32,33,34). The summed E-state index contributed by atoms with van der Waals surface area (Å²) in [5.41, 5.74) is -2.79. The van der Waals surface area contributed by atoms with Crippen molar-refractivity contribution in [3.05, 3.63) is 47.9 Å². The predicted molar refractivity (Wildman–Crippen MR) is 115 cm³/mol. The molecule has 1 saturated carbocycles. The fourth-order valence-electron chi connectivity index (χ4n) is 4.41. The quantitative estimate of drug-likeness (QED) is 0.496. The minimum atomic E-state index is -4.69. The van der Waals surface area contributed by atoms with Gasteiger partial charge in [-0.1, -0.05) is 6.07 Å². The van der Waals surface area contributed by atoms with Gasteiger partial charge in [-0.2, -0.15) is 41.3 Å². The average Bonchev–Trinajstić information content (AvgIpc) is 3.31. The number of aliphatic hydroxyl groups is 1. The lowest BCUT2D eigenvalue weighted by atomic mass is 9.66. The van der Waals surface area contributed by atoms with Crippen molar-refractivity contribution in [3.63, 3.8) is 0 Å². The van der Waals surface area contributed by atoms with Crippen LogP contribution in [0.2, 0.25) is 0 Å². The molecule has 1 saturated heterocycles. The molecule has 5 rings (SSSR count). The first-order valence-electron chi connectivity index (χ1n) is 11.0. The van der Waals surface area contributed by atoms with Gasteiger partial charge in [0.2, 0.25) is 11.9 Å². The summed E-state index contributed by atoms with van der Waals surface area (Å²) in [4.78, 5) is 21.5. The van der Waals surface area contributed by atoms with Crippen molar-refractivity contribution in [3.8, 4) is 11.5 Å². The molecule has 3 aromatic rings. The first-order chi connectivity index (χ1) is 16.9. The minimum absolute atomic E-state index is 0.0234. The summed E-state index contributed by atoms with van der Waals surface area (Å²) in [5, 5.41) is 12.9. The summed E-state index contributed by atoms with van der Waals surface area (Å²) in [7, 11) is 0. The van der Waals surface area contributed by atoms with Crippen molar-refractivity contribution in [1.82, 2.24) is 24.9 Å². The average molecular weight is 511 g/mol. The number of halogens is 6. The van der Waals surface area contributed by atoms with E-state index in [0.717, 1.165) is 30.8 Å². The van der Waals surface area contributed by atoms with Crippen LogP contribution in [-0.2, 0) is 12.4 Å². The number of aromatic nitrogens is 5. The Bertz CT molecular complexity index is 1280. The number of pyridine rings is 2. The molecule has 2 atom stereocenters. The molecular formula is C22H19F6N7O. The van der Waals surface area contributed by atoms with Crippen LogP contribution in [0.5, 0.6) is 0 Å². The topological polar surface area (TPSA) is 100.0 Å². The molecule has 1 aliphatic heterocycles. The van der Waals surface area contributed by atoms with E-state index in [-0.39, 0.29) is 34.5 Å². The van der Waals surface area contributed by atoms with E-state index in [9.17, 15) is 31.4 Å². The van der Waals surface area contributed by atoms with Crippen LogP contribution < -0.4 is 10.2 Å². The van der Waals surface area contributed by atoms with Crippen molar-refractivity contribution in [2.75, 3.05) is 23.3 Å². The van der Waals surface area contributed by atoms with Crippen molar-refractivity contribution in [1.29, 1.82) is 0 Å². The minimum Gasteiger partial charge on any atom is -0.392 e. The first-order valence-corrected chi connectivity index (χ1v) is 11.0. The highest BCUT2D eigenvalue weighted by molar-refractivity contribution is 5.59. The molecule has 1 aliphatic carbocycles. The summed E-state index contributed by atoms with van der Waals surface area (Å²) in [6, 6.07) is 5.31. The summed E-state index contributed by atoms with van der Waals surface area (Å²) < 4.78 is 78.9. The number of rotatable bonds is 4. The number of anilines is 3. The second-order valence-electron chi connectivity index (χ2n) is 8.83. The van der Waals surface area contributed by atoms with Crippen LogP contribution in [0.3, 0.4) is 0 Å². The smallest absolute Gasteiger partial charge is 0.392 e. The lowest BCUT2D eigenvalue weighted by Gasteiger charge is -2.43. The Balaban J connectivity index is 1.53. The van der Waals surface area contributed by atoms with E-state index in [1.807, 2.05) is 0 Å². The fraction of sp³-hybridized carbons (Fsp3) is 0.409. The van der Waals surface area contributed by atoms with Crippen LogP contribution in [-0.4, -0.2) is 49.2 Å². The predicted octanol–water partition coefficient (Wildman–Crippen LogP) is 4.46. The molecule has 0 radical (unpaired) electrons. The normalized spacial score (nSPS) is 22.1. The highest BCUT2D eigenvalue weighted by Gasteiger charge is 2.50. The van der Waals surface area contributed by atoms with Gasteiger partial charge in [0.15, 0.2) is 5.82 Å². The Morgan fingerprint density at radius 1 is 0.944 bits per heavy atom. The lowest BCUT2D eigenvalue weighted by Crippen LogP contribution is -2.46. The van der Waals surface area contributed by atoms with Gasteiger partial charge in [0, 0.05) is 30.4 Å². The van der Waals surface area contributed by atoms with Gasteiger partial charge in [-0.05, 0) is 43.5 Å². The number of nitrogens with zero attached hydrogens (tertiary/aromatic N) is 6. The maximum atomic E-state index is 13.2. The van der Waals surface area contributed by atoms with E-state index in [4.69, 9.17) is 0 Å². The van der Waals surface area contributed by atoms with Crippen LogP contribution >= 0.6 is 0 Å². The number of alkyl halides is 6. The maximum absolute atomic E-state index is 13.2. The Hall–Kier alpha value is -3.55. The van der Waals surface area contributed by atoms with E-state index in [1.54, 1.807) is 4.90 Å². The Labute approximate surface area is 200 Å². The van der Waals surface area contributed by atoms with E-state index >= 15 is 0 Å². The van der Waals surface area contributed by atoms with Gasteiger partial charge >= 0.3 is 12.4 Å². The van der Waals surface area contributed by atoms with Gasteiger partial charge in [0.25, 0.3) is 0 Å². The van der Waals surface area contributed by atoms with E-state index in [2.05, 4.69) is 30.2 Å². The third-order valence-corrected chi connectivity index (χ3v) is 6.49. The fourth-order valence-corrected chi connectivity index (χ4v) is 4.41. The summed E-state index contributed by atoms with van der Waals surface area (Å²) in [6.45, 7) is 0.921. The summed E-state index contributed by atoms with van der Waals surface area (Å²) in [5.74, 6) is -0.250. The molecular weight excluding hydrogens is 492 g/mol. The van der Waals surface area contributed by atoms with E-state index in [0.29, 0.717) is 25.9 Å². The Morgan fingerprint density at radius 2 is 1.72 bits per heavy atom. The van der Waals surface area contributed by atoms with Gasteiger partial charge in [-0.3, -0.25) is 4.98 Å². The molecule has 2 N–H and O–H groups in total. The van der Waals surface area contributed by atoms with Gasteiger partial charge < -0.3 is 15.3 Å². The molecule has 8 nitrogen and oxygen atoms in total. The highest BCUT2D eigenvalue weighted by Crippen LogP contribution is 2.48. The van der Waals surface area contributed by atoms with Crippen LogP contribution in [0.1, 0.15) is 30.7 Å². The molecule has 2 aliphatic rings. The second kappa shape index (κ2) is 8.54. The van der Waals surface area contributed by atoms with Crippen LogP contribution in [0, 0.1) is 5.41 Å². The molecule has 1 spiro atoms. The SMILES string of the molecule is OC1CCC12CCN(c1nc(Nc3ccnc(C(F)(F)F)c3)nc(-c3cccc(C(F)(F)F)n3)n1)C2. The zero-order valence-corrected chi connectivity index (χ0v) is 18.5. The third-order valence-electron chi connectivity index (χ3n) is 6.49. The van der Waals surface area contributed by atoms with Gasteiger partial charge in [0.1, 0.15) is 17.1 Å². The highest BCUT2D eigenvalue weighted by atomic mass is 19.4. The van der Waals surface area contributed by atoms with Crippen LogP contribution in [0.25, 0.3) is 11.5 Å². The molecule has 0 amide bonds. The molecule has 2 unspecified atom stereocenters. The summed E-state index contributed by atoms with van der Waals surface area (Å²) in [6.07, 6.45) is -6.70. The first kappa shape index (κ1) is 24.2. The zero-order valence-electron chi connectivity index (χ0n) is 18.5. The molecule has 36 heavy (non-hydrogen) atoms. The van der Waals surface area contributed by atoms with Gasteiger partial charge in [-0.25, -0.2) is 4.98 Å². The van der Waals surface area contributed by atoms with Crippen molar-refractivity contribution in [2.45, 2.75) is 37.7 Å². The molecule has 4 heterocycles. The summed E-state index contributed by atoms with van der Waals surface area (Å²) >= 11 is 0. The molecule has 190 valence electrons. The van der Waals surface area contributed by atoms with Gasteiger partial charge in [-0.15, -0.1) is 0 Å². The number of nitrogens with one attached hydrogen (secondary N) is 1. The van der Waals surface area contributed by atoms with Crippen molar-refractivity contribution < 1.29 is 31.4 Å². The Morgan fingerprint density at radius 3 is 2.36 bits per heavy atom. The van der Waals surface area contributed by atoms with Crippen LogP contribution in [0.4, 0.5) is 43.9 Å². The number of aliphatic hydroxyl groups excluding tert-OH is 1. The number of hydrogen-bond acceptors (Lipinski definition) is 8. The molecule has 2 fully saturated rings. The monoisotopic (exact) mass is 511 g/mol. The van der Waals surface area contributed by atoms with Crippen molar-refractivity contribution in [2.24, 2.45) is 5.41 Å². The largest absolute Gasteiger partial charge is 0.433 e. The van der Waals surface area contributed by atoms with E-state index < -0.39 is 29.8 Å². The molecule has 0 aromatic carbocycles. The Kier molecular flexibility index (Phi) is 5.73. The maximum Gasteiger partial charge on any atom is 0.433 e. The zero-order chi connectivity index (χ0) is 25.7. The third kappa shape index (κ3) is 4.64. The lowest BCUT2D eigenvalue weighted by molar-refractivity contribution is -0.141. The van der Waals surface area contributed by atoms with E-state index in [1.165, 1.54) is 12.1 Å². The molecule has 14 heteroatoms. The second-order valence-corrected chi connectivity index (χ2v) is 8.83. The van der Waals surface area contributed by atoms with Crippen LogP contribution in [0.15, 0.2) is 36.5 Å². The van der Waals surface area contributed by atoms with Crippen molar-refractivity contribution >= 4 is 17.6 Å². The molecule has 0 bridgehead atoms.